The summed E-state index contributed by atoms with van der Waals surface area (Å²) in [5.41, 5.74) is 1.10. The van der Waals surface area contributed by atoms with Crippen molar-refractivity contribution in [1.29, 1.82) is 0 Å². The van der Waals surface area contributed by atoms with Gasteiger partial charge in [0.05, 0.1) is 6.33 Å². The molecule has 0 saturated heterocycles. The number of hydrogen-bond acceptors (Lipinski definition) is 3. The standard InChI is InChI=1S/C13H13BrIN3O/c14-6-7-18(8-10-4-2-1-3-5-10)12-11(15)13(19)17-9-16-12/h1-5,9H,6-8H2,(H,16,17,19). The van der Waals surface area contributed by atoms with Crippen molar-refractivity contribution in [3.63, 3.8) is 0 Å². The van der Waals surface area contributed by atoms with Crippen molar-refractivity contribution < 1.29 is 0 Å². The molecule has 0 atom stereocenters. The van der Waals surface area contributed by atoms with E-state index in [1.165, 1.54) is 11.9 Å². The fourth-order valence-electron chi connectivity index (χ4n) is 1.76. The van der Waals surface area contributed by atoms with Crippen molar-refractivity contribution in [3.05, 3.63) is 56.1 Å². The lowest BCUT2D eigenvalue weighted by Crippen LogP contribution is -2.29. The zero-order chi connectivity index (χ0) is 13.7. The quantitative estimate of drug-likeness (QED) is 0.582. The Balaban J connectivity index is 2.30. The Morgan fingerprint density at radius 1 is 1.32 bits per heavy atom. The minimum absolute atomic E-state index is 0.0989. The number of aromatic amines is 1. The SMILES string of the molecule is O=c1[nH]cnc(N(CCBr)Cc2ccccc2)c1I. The van der Waals surface area contributed by atoms with Crippen LogP contribution in [0.2, 0.25) is 0 Å². The zero-order valence-electron chi connectivity index (χ0n) is 10.1. The third-order valence-corrected chi connectivity index (χ3v) is 3.98. The Morgan fingerprint density at radius 3 is 2.74 bits per heavy atom. The normalized spacial score (nSPS) is 10.4. The van der Waals surface area contributed by atoms with E-state index < -0.39 is 0 Å². The van der Waals surface area contributed by atoms with Crippen molar-refractivity contribution in [2.45, 2.75) is 6.54 Å². The molecule has 2 rings (SSSR count). The van der Waals surface area contributed by atoms with Gasteiger partial charge in [-0.15, -0.1) is 0 Å². The van der Waals surface area contributed by atoms with Crippen LogP contribution < -0.4 is 10.5 Å². The summed E-state index contributed by atoms with van der Waals surface area (Å²) < 4.78 is 0.622. The summed E-state index contributed by atoms with van der Waals surface area (Å²) in [5.74, 6) is 0.729. The Hall–Kier alpha value is -0.890. The molecule has 0 spiro atoms. The van der Waals surface area contributed by atoms with Crippen LogP contribution in [0.3, 0.4) is 0 Å². The van der Waals surface area contributed by atoms with E-state index in [-0.39, 0.29) is 5.56 Å². The lowest BCUT2D eigenvalue weighted by atomic mass is 10.2. The highest BCUT2D eigenvalue weighted by molar-refractivity contribution is 14.1. The number of rotatable bonds is 5. The summed E-state index contributed by atoms with van der Waals surface area (Å²) in [7, 11) is 0. The van der Waals surface area contributed by atoms with Crippen molar-refractivity contribution in [1.82, 2.24) is 9.97 Å². The molecule has 0 aliphatic rings. The average Bonchev–Trinajstić information content (AvgIpc) is 2.43. The highest BCUT2D eigenvalue weighted by Gasteiger charge is 2.13. The molecule has 19 heavy (non-hydrogen) atoms. The Bertz CT molecular complexity index is 588. The first kappa shape index (κ1) is 14.5. The molecule has 1 N–H and O–H groups in total. The van der Waals surface area contributed by atoms with Gasteiger partial charge < -0.3 is 9.88 Å². The van der Waals surface area contributed by atoms with Crippen molar-refractivity contribution in [2.75, 3.05) is 16.8 Å². The second-order valence-corrected chi connectivity index (χ2v) is 5.84. The predicted octanol–water partition coefficient (Wildman–Crippen LogP) is 2.78. The highest BCUT2D eigenvalue weighted by Crippen LogP contribution is 2.18. The molecule has 0 radical (unpaired) electrons. The van der Waals surface area contributed by atoms with Gasteiger partial charge in [0.2, 0.25) is 0 Å². The average molecular weight is 434 g/mol. The molecule has 1 aromatic carbocycles. The van der Waals surface area contributed by atoms with Crippen LogP contribution in [0.1, 0.15) is 5.56 Å². The minimum atomic E-state index is -0.0989. The molecule has 100 valence electrons. The van der Waals surface area contributed by atoms with Gasteiger partial charge in [-0.05, 0) is 28.2 Å². The lowest BCUT2D eigenvalue weighted by Gasteiger charge is -2.23. The molecule has 1 aromatic heterocycles. The van der Waals surface area contributed by atoms with Crippen molar-refractivity contribution in [2.24, 2.45) is 0 Å². The van der Waals surface area contributed by atoms with E-state index in [9.17, 15) is 4.79 Å². The smallest absolute Gasteiger partial charge is 0.266 e. The van der Waals surface area contributed by atoms with Crippen LogP contribution >= 0.6 is 38.5 Å². The van der Waals surface area contributed by atoms with Crippen LogP contribution in [0.5, 0.6) is 0 Å². The molecule has 0 bridgehead atoms. The van der Waals surface area contributed by atoms with Crippen molar-refractivity contribution >= 4 is 44.3 Å². The molecule has 0 unspecified atom stereocenters. The number of alkyl halides is 1. The van der Waals surface area contributed by atoms with Gasteiger partial charge in [0.25, 0.3) is 5.56 Å². The number of hydrogen-bond donors (Lipinski definition) is 1. The highest BCUT2D eigenvalue weighted by atomic mass is 127. The molecule has 0 saturated carbocycles. The van der Waals surface area contributed by atoms with Crippen LogP contribution in [-0.2, 0) is 6.54 Å². The summed E-state index contributed by atoms with van der Waals surface area (Å²) in [6.07, 6.45) is 1.45. The summed E-state index contributed by atoms with van der Waals surface area (Å²) in [5, 5.41) is 0.824. The van der Waals surface area contributed by atoms with E-state index in [2.05, 4.69) is 42.9 Å². The number of nitrogens with zero attached hydrogens (tertiary/aromatic N) is 2. The zero-order valence-corrected chi connectivity index (χ0v) is 13.9. The van der Waals surface area contributed by atoms with Gasteiger partial charge in [0, 0.05) is 18.4 Å². The minimum Gasteiger partial charge on any atom is -0.350 e. The maximum atomic E-state index is 11.7. The fourth-order valence-corrected chi connectivity index (χ4v) is 2.82. The van der Waals surface area contributed by atoms with E-state index in [0.29, 0.717) is 3.57 Å². The van der Waals surface area contributed by atoms with Gasteiger partial charge >= 0.3 is 0 Å². The van der Waals surface area contributed by atoms with Gasteiger partial charge in [-0.1, -0.05) is 46.3 Å². The first-order valence-corrected chi connectivity index (χ1v) is 8.00. The van der Waals surface area contributed by atoms with Gasteiger partial charge in [0.15, 0.2) is 0 Å². The molecule has 2 aromatic rings. The first-order chi connectivity index (χ1) is 9.22. The van der Waals surface area contributed by atoms with Crippen LogP contribution in [0, 0.1) is 3.57 Å². The van der Waals surface area contributed by atoms with E-state index in [1.807, 2.05) is 40.8 Å². The number of benzene rings is 1. The van der Waals surface area contributed by atoms with Crippen LogP contribution in [0.25, 0.3) is 0 Å². The van der Waals surface area contributed by atoms with Gasteiger partial charge in [0.1, 0.15) is 9.39 Å². The van der Waals surface area contributed by atoms with Gasteiger partial charge in [-0.3, -0.25) is 4.79 Å². The molecule has 6 heteroatoms. The molecular weight excluding hydrogens is 421 g/mol. The topological polar surface area (TPSA) is 49.0 Å². The molecule has 0 aliphatic heterocycles. The first-order valence-electron chi connectivity index (χ1n) is 5.80. The van der Waals surface area contributed by atoms with Crippen LogP contribution in [0.15, 0.2) is 41.5 Å². The molecule has 4 nitrogen and oxygen atoms in total. The van der Waals surface area contributed by atoms with Crippen LogP contribution in [0.4, 0.5) is 5.82 Å². The summed E-state index contributed by atoms with van der Waals surface area (Å²) >= 11 is 5.49. The molecular formula is C13H13BrIN3O. The number of halogens is 2. The molecule has 0 aliphatic carbocycles. The third-order valence-electron chi connectivity index (χ3n) is 2.65. The summed E-state index contributed by atoms with van der Waals surface area (Å²) in [4.78, 5) is 20.6. The molecule has 1 heterocycles. The van der Waals surface area contributed by atoms with E-state index in [4.69, 9.17) is 0 Å². The second kappa shape index (κ2) is 7.04. The van der Waals surface area contributed by atoms with Crippen LogP contribution in [-0.4, -0.2) is 21.8 Å². The largest absolute Gasteiger partial charge is 0.350 e. The van der Waals surface area contributed by atoms with E-state index in [0.717, 1.165) is 24.2 Å². The monoisotopic (exact) mass is 433 g/mol. The number of H-pyrrole nitrogens is 1. The Labute approximate surface area is 133 Å². The summed E-state index contributed by atoms with van der Waals surface area (Å²) in [6.45, 7) is 1.53. The fraction of sp³-hybridized carbons (Fsp3) is 0.231. The lowest BCUT2D eigenvalue weighted by molar-refractivity contribution is 0.810. The predicted molar refractivity (Wildman–Crippen MR) is 88.9 cm³/mol. The molecule has 0 amide bonds. The Morgan fingerprint density at radius 2 is 2.05 bits per heavy atom. The van der Waals surface area contributed by atoms with E-state index in [1.54, 1.807) is 0 Å². The maximum absolute atomic E-state index is 11.7. The molecule has 0 fully saturated rings. The van der Waals surface area contributed by atoms with Gasteiger partial charge in [-0.2, -0.15) is 0 Å². The number of anilines is 1. The van der Waals surface area contributed by atoms with Gasteiger partial charge in [-0.25, -0.2) is 4.98 Å². The number of aromatic nitrogens is 2. The Kier molecular flexibility index (Phi) is 5.38. The van der Waals surface area contributed by atoms with E-state index >= 15 is 0 Å². The number of nitrogens with one attached hydrogen (secondary N) is 1. The van der Waals surface area contributed by atoms with Crippen molar-refractivity contribution in [3.8, 4) is 0 Å². The third kappa shape index (κ3) is 3.79. The second-order valence-electron chi connectivity index (χ2n) is 3.97. The maximum Gasteiger partial charge on any atom is 0.266 e. The summed E-state index contributed by atoms with van der Waals surface area (Å²) in [6, 6.07) is 10.2.